The number of amides is 1. The van der Waals surface area contributed by atoms with E-state index in [-0.39, 0.29) is 5.91 Å². The first-order valence-corrected chi connectivity index (χ1v) is 10.4. The van der Waals surface area contributed by atoms with E-state index in [0.29, 0.717) is 22.9 Å². The normalized spacial score (nSPS) is 14.0. The van der Waals surface area contributed by atoms with Gasteiger partial charge in [0.25, 0.3) is 5.91 Å². The van der Waals surface area contributed by atoms with Crippen LogP contribution in [0.3, 0.4) is 0 Å². The van der Waals surface area contributed by atoms with Crippen LogP contribution in [0.1, 0.15) is 11.1 Å². The van der Waals surface area contributed by atoms with Crippen LogP contribution < -0.4 is 19.7 Å². The molecule has 2 heterocycles. The zero-order valence-corrected chi connectivity index (χ0v) is 18.5. The van der Waals surface area contributed by atoms with Gasteiger partial charge in [-0.3, -0.25) is 4.79 Å². The van der Waals surface area contributed by atoms with Crippen LogP contribution in [0.15, 0.2) is 67.0 Å². The molecule has 1 aliphatic heterocycles. The van der Waals surface area contributed by atoms with E-state index in [2.05, 4.69) is 15.3 Å². The van der Waals surface area contributed by atoms with E-state index < -0.39 is 0 Å². The zero-order valence-electron chi connectivity index (χ0n) is 18.5. The van der Waals surface area contributed by atoms with E-state index in [1.54, 1.807) is 26.2 Å². The molecule has 0 aliphatic carbocycles. The second-order valence-electron chi connectivity index (χ2n) is 7.64. The number of nitrogens with one attached hydrogen (secondary N) is 1. The Morgan fingerprint density at radius 1 is 0.939 bits per heavy atom. The molecule has 1 aliphatic rings. The van der Waals surface area contributed by atoms with E-state index in [4.69, 9.17) is 9.47 Å². The Morgan fingerprint density at radius 2 is 1.70 bits per heavy atom. The number of hydrogen-bond acceptors (Lipinski definition) is 6. The summed E-state index contributed by atoms with van der Waals surface area (Å²) in [5, 5.41) is 4.17. The van der Waals surface area contributed by atoms with Crippen molar-refractivity contribution in [3.05, 3.63) is 78.1 Å². The molecular weight excluding hydrogens is 416 g/mol. The molecule has 1 aromatic heterocycles. The van der Waals surface area contributed by atoms with Crippen molar-refractivity contribution < 1.29 is 14.3 Å². The summed E-state index contributed by atoms with van der Waals surface area (Å²) in [6.45, 7) is 0. The Bertz CT molecular complexity index is 1400. The van der Waals surface area contributed by atoms with E-state index >= 15 is 0 Å². The van der Waals surface area contributed by atoms with Gasteiger partial charge in [0.15, 0.2) is 11.5 Å². The fourth-order valence-corrected chi connectivity index (χ4v) is 4.00. The van der Waals surface area contributed by atoms with Crippen LogP contribution in [0.2, 0.25) is 0 Å². The van der Waals surface area contributed by atoms with Gasteiger partial charge in [0.2, 0.25) is 0 Å². The quantitative estimate of drug-likeness (QED) is 0.446. The highest BCUT2D eigenvalue weighted by Crippen LogP contribution is 2.40. The molecular formula is C26H22N4O3. The fraction of sp³-hybridized carbons (Fsp3) is 0.115. The summed E-state index contributed by atoms with van der Waals surface area (Å²) in [5.74, 6) is 1.80. The van der Waals surface area contributed by atoms with E-state index in [0.717, 1.165) is 33.4 Å². The smallest absolute Gasteiger partial charge is 0.258 e. The lowest BCUT2D eigenvalue weighted by Gasteiger charge is -2.13. The van der Waals surface area contributed by atoms with Gasteiger partial charge in [0.05, 0.1) is 25.4 Å². The van der Waals surface area contributed by atoms with Crippen molar-refractivity contribution in [2.75, 3.05) is 31.5 Å². The minimum Gasteiger partial charge on any atom is -0.493 e. The van der Waals surface area contributed by atoms with Gasteiger partial charge < -0.3 is 19.7 Å². The molecule has 1 amide bonds. The Kier molecular flexibility index (Phi) is 5.14. The molecule has 0 spiro atoms. The molecule has 0 unspecified atom stereocenters. The third kappa shape index (κ3) is 3.63. The summed E-state index contributed by atoms with van der Waals surface area (Å²) in [6, 6.07) is 19.3. The Balaban J connectivity index is 1.56. The minimum atomic E-state index is -0.0321. The highest BCUT2D eigenvalue weighted by molar-refractivity contribution is 6.35. The number of fused-ring (bicyclic) bond motifs is 2. The molecule has 1 N–H and O–H groups in total. The summed E-state index contributed by atoms with van der Waals surface area (Å²) in [4.78, 5) is 23.4. The number of anilines is 3. The maximum atomic E-state index is 12.9. The molecule has 0 bridgehead atoms. The van der Waals surface area contributed by atoms with Gasteiger partial charge in [-0.1, -0.05) is 30.3 Å². The van der Waals surface area contributed by atoms with Gasteiger partial charge in [-0.05, 0) is 35.9 Å². The largest absolute Gasteiger partial charge is 0.493 e. The molecule has 7 nitrogen and oxygen atoms in total. The van der Waals surface area contributed by atoms with Crippen molar-refractivity contribution in [2.24, 2.45) is 0 Å². The topological polar surface area (TPSA) is 76.6 Å². The van der Waals surface area contributed by atoms with Gasteiger partial charge in [-0.25, -0.2) is 9.97 Å². The lowest BCUT2D eigenvalue weighted by Crippen LogP contribution is -2.20. The molecule has 5 rings (SSSR count). The molecule has 0 radical (unpaired) electrons. The van der Waals surface area contributed by atoms with Gasteiger partial charge in [-0.2, -0.15) is 0 Å². The summed E-state index contributed by atoms with van der Waals surface area (Å²) in [7, 11) is 4.97. The molecule has 0 saturated carbocycles. The molecule has 3 aromatic carbocycles. The SMILES string of the molecule is COc1cc2ncnc(Nc3ccc4c(c3)C(=Cc3ccccc3)C(=O)N4C)c2cc1OC. The Hall–Kier alpha value is -4.39. The number of methoxy groups -OCH3 is 2. The molecule has 0 saturated heterocycles. The number of nitrogens with zero attached hydrogens (tertiary/aromatic N) is 3. The van der Waals surface area contributed by atoms with E-state index in [1.165, 1.54) is 6.33 Å². The molecule has 33 heavy (non-hydrogen) atoms. The Morgan fingerprint density at radius 3 is 2.45 bits per heavy atom. The van der Waals surface area contributed by atoms with Crippen molar-refractivity contribution in [1.82, 2.24) is 9.97 Å². The second-order valence-corrected chi connectivity index (χ2v) is 7.64. The fourth-order valence-electron chi connectivity index (χ4n) is 4.00. The van der Waals surface area contributed by atoms with Crippen LogP contribution in [0.4, 0.5) is 17.2 Å². The number of carbonyl (C=O) groups is 1. The number of aromatic nitrogens is 2. The van der Waals surface area contributed by atoms with Crippen molar-refractivity contribution in [2.45, 2.75) is 0 Å². The standard InChI is InChI=1S/C26H22N4O3/c1-30-22-10-9-17(12-18(22)19(26(30)31)11-16-7-5-4-6-8-16)29-25-20-13-23(32-2)24(33-3)14-21(20)27-15-28-25/h4-15H,1-3H3,(H,27,28,29). The third-order valence-corrected chi connectivity index (χ3v) is 5.70. The van der Waals surface area contributed by atoms with Gasteiger partial charge in [0.1, 0.15) is 12.1 Å². The first-order chi connectivity index (χ1) is 16.1. The maximum absolute atomic E-state index is 12.9. The van der Waals surface area contributed by atoms with Crippen LogP contribution in [0.5, 0.6) is 11.5 Å². The second kappa shape index (κ2) is 8.27. The average Bonchev–Trinajstić information content (AvgIpc) is 3.08. The van der Waals surface area contributed by atoms with Gasteiger partial charge in [-0.15, -0.1) is 0 Å². The Labute approximate surface area is 191 Å². The number of ether oxygens (including phenoxy) is 2. The van der Waals surface area contributed by atoms with Crippen LogP contribution >= 0.6 is 0 Å². The summed E-state index contributed by atoms with van der Waals surface area (Å²) in [6.07, 6.45) is 3.42. The molecule has 4 aromatic rings. The van der Waals surface area contributed by atoms with Crippen LogP contribution in [0.25, 0.3) is 22.6 Å². The predicted octanol–water partition coefficient (Wildman–Crippen LogP) is 4.91. The van der Waals surface area contributed by atoms with Crippen molar-refractivity contribution in [1.29, 1.82) is 0 Å². The highest BCUT2D eigenvalue weighted by atomic mass is 16.5. The lowest BCUT2D eigenvalue weighted by atomic mass is 10.0. The third-order valence-electron chi connectivity index (χ3n) is 5.70. The molecule has 164 valence electrons. The average molecular weight is 438 g/mol. The summed E-state index contributed by atoms with van der Waals surface area (Å²) in [5.41, 5.74) is 4.90. The highest BCUT2D eigenvalue weighted by Gasteiger charge is 2.30. The maximum Gasteiger partial charge on any atom is 0.258 e. The van der Waals surface area contributed by atoms with Crippen LogP contribution in [-0.4, -0.2) is 37.1 Å². The summed E-state index contributed by atoms with van der Waals surface area (Å²) < 4.78 is 10.8. The van der Waals surface area contributed by atoms with Crippen molar-refractivity contribution >= 4 is 45.7 Å². The first kappa shape index (κ1) is 20.5. The molecule has 0 fully saturated rings. The monoisotopic (exact) mass is 438 g/mol. The van der Waals surface area contributed by atoms with Crippen molar-refractivity contribution in [3.63, 3.8) is 0 Å². The predicted molar refractivity (Wildman–Crippen MR) is 130 cm³/mol. The first-order valence-electron chi connectivity index (χ1n) is 10.4. The number of benzene rings is 3. The number of carbonyl (C=O) groups excluding carboxylic acids is 1. The van der Waals surface area contributed by atoms with Crippen LogP contribution in [0, 0.1) is 0 Å². The van der Waals surface area contributed by atoms with E-state index in [9.17, 15) is 4.79 Å². The number of hydrogen-bond donors (Lipinski definition) is 1. The van der Waals surface area contributed by atoms with Crippen LogP contribution in [-0.2, 0) is 4.79 Å². The molecule has 7 heteroatoms. The number of rotatable bonds is 5. The van der Waals surface area contributed by atoms with Gasteiger partial charge >= 0.3 is 0 Å². The summed E-state index contributed by atoms with van der Waals surface area (Å²) >= 11 is 0. The van der Waals surface area contributed by atoms with Crippen molar-refractivity contribution in [3.8, 4) is 11.5 Å². The van der Waals surface area contributed by atoms with E-state index in [1.807, 2.05) is 66.7 Å². The zero-order chi connectivity index (χ0) is 22.9. The minimum absolute atomic E-state index is 0.0321. The number of likely N-dealkylation sites (N-methyl/N-ethyl adjacent to an activating group) is 1. The molecule has 0 atom stereocenters. The van der Waals surface area contributed by atoms with Gasteiger partial charge in [0, 0.05) is 35.3 Å². The lowest BCUT2D eigenvalue weighted by molar-refractivity contribution is -0.112.